The molecule has 0 saturated heterocycles. The molecule has 16 heavy (non-hydrogen) atoms. The highest BCUT2D eigenvalue weighted by Gasteiger charge is 2.18. The molecule has 0 bridgehead atoms. The zero-order chi connectivity index (χ0) is 12.3. The minimum atomic E-state index is -0.695. The van der Waals surface area contributed by atoms with Crippen molar-refractivity contribution < 1.29 is 10.0 Å². The van der Waals surface area contributed by atoms with Gasteiger partial charge in [-0.15, -0.1) is 0 Å². The minimum Gasteiger partial charge on any atom is -0.389 e. The maximum Gasteiger partial charge on any atom is 0.292 e. The number of nitro benzene ring substituents is 1. The molecular weight excluding hydrogens is 208 g/mol. The van der Waals surface area contributed by atoms with Crippen LogP contribution in [0.25, 0.3) is 0 Å². The summed E-state index contributed by atoms with van der Waals surface area (Å²) in [5.41, 5.74) is 1.15. The second kappa shape index (κ2) is 4.94. The van der Waals surface area contributed by atoms with Gasteiger partial charge < -0.3 is 10.0 Å². The van der Waals surface area contributed by atoms with E-state index >= 15 is 0 Å². The second-order valence-electron chi connectivity index (χ2n) is 3.70. The van der Waals surface area contributed by atoms with Gasteiger partial charge in [-0.1, -0.05) is 6.07 Å². The molecule has 1 atom stereocenters. The van der Waals surface area contributed by atoms with Crippen molar-refractivity contribution in [3.63, 3.8) is 0 Å². The summed E-state index contributed by atoms with van der Waals surface area (Å²) in [7, 11) is 1.80. The quantitative estimate of drug-likeness (QED) is 0.628. The molecule has 0 saturated carbocycles. The third-order valence-electron chi connectivity index (χ3n) is 2.56. The van der Waals surface area contributed by atoms with Gasteiger partial charge in [0.05, 0.1) is 11.0 Å². The van der Waals surface area contributed by atoms with E-state index in [1.54, 1.807) is 31.0 Å². The van der Waals surface area contributed by atoms with Crippen LogP contribution in [0.5, 0.6) is 0 Å². The molecule has 5 nitrogen and oxygen atoms in total. The van der Waals surface area contributed by atoms with Gasteiger partial charge in [-0.25, -0.2) is 0 Å². The van der Waals surface area contributed by atoms with Gasteiger partial charge in [0.1, 0.15) is 5.69 Å². The van der Waals surface area contributed by atoms with Gasteiger partial charge in [-0.3, -0.25) is 10.1 Å². The van der Waals surface area contributed by atoms with Gasteiger partial charge in [-0.05, 0) is 25.5 Å². The lowest BCUT2D eigenvalue weighted by Gasteiger charge is -2.17. The van der Waals surface area contributed by atoms with Crippen LogP contribution >= 0.6 is 0 Å². The summed E-state index contributed by atoms with van der Waals surface area (Å²) in [5, 5.41) is 20.3. The van der Waals surface area contributed by atoms with Gasteiger partial charge in [0.25, 0.3) is 5.69 Å². The van der Waals surface area contributed by atoms with Crippen LogP contribution in [0.1, 0.15) is 25.5 Å². The summed E-state index contributed by atoms with van der Waals surface area (Å²) in [4.78, 5) is 12.3. The zero-order valence-corrected chi connectivity index (χ0v) is 9.67. The Morgan fingerprint density at radius 1 is 1.56 bits per heavy atom. The average molecular weight is 224 g/mol. The first kappa shape index (κ1) is 12.4. The van der Waals surface area contributed by atoms with E-state index in [-0.39, 0.29) is 5.69 Å². The molecule has 1 unspecified atom stereocenters. The number of anilines is 1. The number of aliphatic hydroxyl groups is 1. The number of nitro groups is 1. The fourth-order valence-electron chi connectivity index (χ4n) is 1.44. The lowest BCUT2D eigenvalue weighted by atomic mass is 10.1. The Balaban J connectivity index is 3.25. The largest absolute Gasteiger partial charge is 0.389 e. The standard InChI is InChI=1S/C11H16N2O3/c1-4-12(3)10-6-5-9(8(2)14)7-11(10)13(15)16/h5-8,14H,4H2,1-3H3. The van der Waals surface area contributed by atoms with E-state index in [1.807, 2.05) is 6.92 Å². The molecule has 5 heteroatoms. The first-order valence-corrected chi connectivity index (χ1v) is 5.15. The topological polar surface area (TPSA) is 66.6 Å². The van der Waals surface area contributed by atoms with Gasteiger partial charge in [0, 0.05) is 19.7 Å². The first-order chi connectivity index (χ1) is 7.47. The molecule has 0 aliphatic rings. The lowest BCUT2D eigenvalue weighted by molar-refractivity contribution is -0.384. The van der Waals surface area contributed by atoms with E-state index in [0.29, 0.717) is 17.8 Å². The van der Waals surface area contributed by atoms with Crippen molar-refractivity contribution in [3.8, 4) is 0 Å². The molecule has 0 spiro atoms. The number of nitrogens with zero attached hydrogens (tertiary/aromatic N) is 2. The average Bonchev–Trinajstić information content (AvgIpc) is 2.26. The van der Waals surface area contributed by atoms with Crippen LogP contribution in [0.3, 0.4) is 0 Å². The fraction of sp³-hybridized carbons (Fsp3) is 0.455. The molecule has 0 aliphatic carbocycles. The number of rotatable bonds is 4. The van der Waals surface area contributed by atoms with Crippen molar-refractivity contribution >= 4 is 11.4 Å². The van der Waals surface area contributed by atoms with E-state index in [0.717, 1.165) is 0 Å². The lowest BCUT2D eigenvalue weighted by Crippen LogP contribution is -2.17. The maximum absolute atomic E-state index is 10.9. The smallest absolute Gasteiger partial charge is 0.292 e. The van der Waals surface area contributed by atoms with Crippen LogP contribution < -0.4 is 4.90 Å². The predicted octanol–water partition coefficient (Wildman–Crippen LogP) is 2.10. The van der Waals surface area contributed by atoms with Crippen LogP contribution in [0.4, 0.5) is 11.4 Å². The van der Waals surface area contributed by atoms with Crippen LogP contribution in [0.2, 0.25) is 0 Å². The van der Waals surface area contributed by atoms with Crippen molar-refractivity contribution in [1.82, 2.24) is 0 Å². The molecule has 1 aromatic carbocycles. The SMILES string of the molecule is CCN(C)c1ccc(C(C)O)cc1[N+](=O)[O-]. The third kappa shape index (κ3) is 2.49. The van der Waals surface area contributed by atoms with E-state index in [1.165, 1.54) is 6.07 Å². The van der Waals surface area contributed by atoms with Gasteiger partial charge in [0.15, 0.2) is 0 Å². The van der Waals surface area contributed by atoms with Crippen LogP contribution in [0.15, 0.2) is 18.2 Å². The summed E-state index contributed by atoms with van der Waals surface area (Å²) in [6.45, 7) is 4.20. The Kier molecular flexibility index (Phi) is 3.84. The van der Waals surface area contributed by atoms with Gasteiger partial charge >= 0.3 is 0 Å². The second-order valence-corrected chi connectivity index (χ2v) is 3.70. The molecule has 1 aromatic rings. The first-order valence-electron chi connectivity index (χ1n) is 5.15. The Hall–Kier alpha value is -1.62. The van der Waals surface area contributed by atoms with Crippen LogP contribution in [-0.4, -0.2) is 23.6 Å². The molecule has 0 heterocycles. The van der Waals surface area contributed by atoms with Crippen molar-refractivity contribution in [2.75, 3.05) is 18.5 Å². The summed E-state index contributed by atoms with van der Waals surface area (Å²) in [6.07, 6.45) is -0.695. The molecule has 0 fully saturated rings. The molecule has 1 N–H and O–H groups in total. The maximum atomic E-state index is 10.9. The molecule has 1 rings (SSSR count). The highest BCUT2D eigenvalue weighted by atomic mass is 16.6. The summed E-state index contributed by atoms with van der Waals surface area (Å²) >= 11 is 0. The van der Waals surface area contributed by atoms with Crippen molar-refractivity contribution in [2.24, 2.45) is 0 Å². The summed E-state index contributed by atoms with van der Waals surface area (Å²) in [5.74, 6) is 0. The monoisotopic (exact) mass is 224 g/mol. The van der Waals surface area contributed by atoms with Crippen molar-refractivity contribution in [2.45, 2.75) is 20.0 Å². The van der Waals surface area contributed by atoms with Crippen LogP contribution in [-0.2, 0) is 0 Å². The molecule has 0 aliphatic heterocycles. The predicted molar refractivity (Wildman–Crippen MR) is 62.7 cm³/mol. The Morgan fingerprint density at radius 3 is 2.62 bits per heavy atom. The number of aliphatic hydroxyl groups excluding tert-OH is 1. The van der Waals surface area contributed by atoms with Crippen molar-refractivity contribution in [1.29, 1.82) is 0 Å². The van der Waals surface area contributed by atoms with Crippen molar-refractivity contribution in [3.05, 3.63) is 33.9 Å². The van der Waals surface area contributed by atoms with E-state index in [2.05, 4.69) is 0 Å². The zero-order valence-electron chi connectivity index (χ0n) is 9.67. The number of hydrogen-bond acceptors (Lipinski definition) is 4. The number of benzene rings is 1. The Bertz CT molecular complexity index is 391. The Morgan fingerprint density at radius 2 is 2.19 bits per heavy atom. The minimum absolute atomic E-state index is 0.0303. The van der Waals surface area contributed by atoms with E-state index in [9.17, 15) is 15.2 Å². The third-order valence-corrected chi connectivity index (χ3v) is 2.56. The molecule has 0 aromatic heterocycles. The van der Waals surface area contributed by atoms with Gasteiger partial charge in [-0.2, -0.15) is 0 Å². The molecule has 0 radical (unpaired) electrons. The Labute approximate surface area is 94.5 Å². The molecular formula is C11H16N2O3. The van der Waals surface area contributed by atoms with E-state index < -0.39 is 11.0 Å². The highest BCUT2D eigenvalue weighted by molar-refractivity contribution is 5.64. The highest BCUT2D eigenvalue weighted by Crippen LogP contribution is 2.30. The summed E-state index contributed by atoms with van der Waals surface area (Å²) in [6, 6.07) is 4.80. The van der Waals surface area contributed by atoms with Crippen LogP contribution in [0, 0.1) is 10.1 Å². The fourth-order valence-corrected chi connectivity index (χ4v) is 1.44. The number of hydrogen-bond donors (Lipinski definition) is 1. The van der Waals surface area contributed by atoms with E-state index in [4.69, 9.17) is 0 Å². The molecule has 0 amide bonds. The van der Waals surface area contributed by atoms with Gasteiger partial charge in [0.2, 0.25) is 0 Å². The molecule has 88 valence electrons. The summed E-state index contributed by atoms with van der Waals surface area (Å²) < 4.78 is 0. The normalized spacial score (nSPS) is 12.2.